The van der Waals surface area contributed by atoms with E-state index in [4.69, 9.17) is 9.84 Å². The summed E-state index contributed by atoms with van der Waals surface area (Å²) in [5, 5.41) is 14.2. The predicted octanol–water partition coefficient (Wildman–Crippen LogP) is 4.96. The Kier molecular flexibility index (Phi) is 9.09. The van der Waals surface area contributed by atoms with Crippen LogP contribution in [0.25, 0.3) is 11.1 Å². The summed E-state index contributed by atoms with van der Waals surface area (Å²) >= 11 is 0. The van der Waals surface area contributed by atoms with E-state index in [1.54, 1.807) is 0 Å². The number of benzene rings is 3. The van der Waals surface area contributed by atoms with Gasteiger partial charge in [0.25, 0.3) is 15.7 Å². The third-order valence-corrected chi connectivity index (χ3v) is 8.52. The lowest BCUT2D eigenvalue weighted by Crippen LogP contribution is -2.42. The number of anilines is 1. The van der Waals surface area contributed by atoms with E-state index in [9.17, 15) is 40.4 Å². The summed E-state index contributed by atoms with van der Waals surface area (Å²) in [5.41, 5.74) is -4.75. The summed E-state index contributed by atoms with van der Waals surface area (Å²) in [6.07, 6.45) is 1.06. The predicted molar refractivity (Wildman–Crippen MR) is 147 cm³/mol. The molecule has 4 rings (SSSR count). The van der Waals surface area contributed by atoms with Crippen molar-refractivity contribution in [2.75, 3.05) is 12.4 Å². The van der Waals surface area contributed by atoms with Crippen molar-refractivity contribution in [3.63, 3.8) is 0 Å². The average Bonchev–Trinajstić information content (AvgIpc) is 3.40. The lowest BCUT2D eigenvalue weighted by Gasteiger charge is -2.22. The van der Waals surface area contributed by atoms with Crippen LogP contribution >= 0.6 is 0 Å². The van der Waals surface area contributed by atoms with Gasteiger partial charge >= 0.3 is 11.5 Å². The zero-order valence-electron chi connectivity index (χ0n) is 22.6. The summed E-state index contributed by atoms with van der Waals surface area (Å²) in [7, 11) is -4.37. The number of amides is 2. The first-order chi connectivity index (χ1) is 20.2. The number of rotatable bonds is 9. The average molecular weight is 623 g/mol. The molecule has 1 aliphatic rings. The van der Waals surface area contributed by atoms with Crippen LogP contribution < -0.4 is 15.4 Å². The van der Waals surface area contributed by atoms with Crippen LogP contribution in [0.15, 0.2) is 65.6 Å². The lowest BCUT2D eigenvalue weighted by atomic mass is 9.98. The van der Waals surface area contributed by atoms with Gasteiger partial charge in [-0.15, -0.1) is 0 Å². The lowest BCUT2D eigenvalue weighted by molar-refractivity contribution is -0.136. The molecule has 3 aromatic rings. The van der Waals surface area contributed by atoms with Crippen LogP contribution in [-0.4, -0.2) is 50.0 Å². The normalized spacial score (nSPS) is 16.9. The fourth-order valence-electron chi connectivity index (χ4n) is 4.90. The molecule has 2 amide bonds. The van der Waals surface area contributed by atoms with E-state index < -0.39 is 55.8 Å². The number of aliphatic carboxylic acids is 1. The minimum Gasteiger partial charge on any atom is -0.496 e. The zero-order valence-corrected chi connectivity index (χ0v) is 23.4. The number of methoxy groups -OCH3 is 1. The SMILES string of the molecule is COc1cc(F)c(-c2ccc(CC(=O)O)cc2)cc1C(=O)NC1CCCC1C(=O)Nc1cccc(S(=O)(=O)C(F)(F)F)c1. The molecule has 3 N–H and O–H groups in total. The Hall–Kier alpha value is -4.46. The first kappa shape index (κ1) is 31.5. The third-order valence-electron chi connectivity index (χ3n) is 7.04. The second kappa shape index (κ2) is 12.4. The van der Waals surface area contributed by atoms with Crippen molar-refractivity contribution >= 4 is 33.3 Å². The zero-order chi connectivity index (χ0) is 31.5. The molecule has 2 unspecified atom stereocenters. The highest BCUT2D eigenvalue weighted by Gasteiger charge is 2.47. The maximum atomic E-state index is 15.0. The van der Waals surface area contributed by atoms with Crippen molar-refractivity contribution in [3.05, 3.63) is 77.6 Å². The van der Waals surface area contributed by atoms with E-state index in [0.717, 1.165) is 18.2 Å². The Morgan fingerprint density at radius 3 is 2.35 bits per heavy atom. The molecule has 0 aromatic heterocycles. The Bertz CT molecular complexity index is 1660. The van der Waals surface area contributed by atoms with Crippen LogP contribution in [0.2, 0.25) is 0 Å². The van der Waals surface area contributed by atoms with Crippen LogP contribution in [-0.2, 0) is 25.8 Å². The molecule has 0 spiro atoms. The summed E-state index contributed by atoms with van der Waals surface area (Å²) in [4.78, 5) is 36.3. The maximum Gasteiger partial charge on any atom is 0.501 e. The molecule has 43 heavy (non-hydrogen) atoms. The van der Waals surface area contributed by atoms with E-state index in [1.165, 1.54) is 43.5 Å². The Morgan fingerprint density at radius 1 is 1.02 bits per heavy atom. The third kappa shape index (κ3) is 6.96. The van der Waals surface area contributed by atoms with Gasteiger partial charge in [0.15, 0.2) is 0 Å². The molecule has 0 heterocycles. The molecular formula is C29H26F4N2O7S. The van der Waals surface area contributed by atoms with Crippen LogP contribution in [0.5, 0.6) is 5.75 Å². The van der Waals surface area contributed by atoms with Gasteiger partial charge < -0.3 is 20.5 Å². The minimum atomic E-state index is -5.62. The smallest absolute Gasteiger partial charge is 0.496 e. The van der Waals surface area contributed by atoms with Gasteiger partial charge in [-0.25, -0.2) is 12.8 Å². The number of alkyl halides is 3. The number of hydrogen-bond donors (Lipinski definition) is 3. The molecule has 1 fully saturated rings. The summed E-state index contributed by atoms with van der Waals surface area (Å²) in [5.74, 6) is -3.86. The van der Waals surface area contributed by atoms with E-state index in [-0.39, 0.29) is 29.0 Å². The Labute approximate surface area is 243 Å². The van der Waals surface area contributed by atoms with Crippen LogP contribution in [0.1, 0.15) is 35.2 Å². The van der Waals surface area contributed by atoms with Crippen molar-refractivity contribution < 1.29 is 50.2 Å². The number of halogens is 4. The van der Waals surface area contributed by atoms with E-state index >= 15 is 0 Å². The molecule has 0 aliphatic heterocycles. The highest BCUT2D eigenvalue weighted by atomic mass is 32.2. The molecule has 3 aromatic carbocycles. The van der Waals surface area contributed by atoms with Crippen LogP contribution in [0.4, 0.5) is 23.2 Å². The largest absolute Gasteiger partial charge is 0.501 e. The Balaban J connectivity index is 1.52. The van der Waals surface area contributed by atoms with Crippen molar-refractivity contribution in [3.8, 4) is 16.9 Å². The van der Waals surface area contributed by atoms with Crippen molar-refractivity contribution in [2.45, 2.75) is 42.1 Å². The topological polar surface area (TPSA) is 139 Å². The van der Waals surface area contributed by atoms with Gasteiger partial charge in [0, 0.05) is 23.4 Å². The standard InChI is InChI=1S/C29H26F4N2O7S/c1-42-25-15-23(30)21(17-10-8-16(9-11-17)12-26(36)37)14-22(25)28(39)35-24-7-3-6-20(24)27(38)34-18-4-2-5-19(13-18)43(40,41)29(31,32)33/h2,4-5,8-11,13-15,20,24H,3,6-7,12H2,1H3,(H,34,38)(H,35,39)(H,36,37). The highest BCUT2D eigenvalue weighted by molar-refractivity contribution is 7.92. The summed E-state index contributed by atoms with van der Waals surface area (Å²) < 4.78 is 82.6. The van der Waals surface area contributed by atoms with Crippen molar-refractivity contribution in [2.24, 2.45) is 5.92 Å². The number of carbonyl (C=O) groups is 3. The van der Waals surface area contributed by atoms with E-state index in [2.05, 4.69) is 10.6 Å². The number of carbonyl (C=O) groups excluding carboxylic acids is 2. The fraction of sp³-hybridized carbons (Fsp3) is 0.276. The number of nitrogens with one attached hydrogen (secondary N) is 2. The molecule has 1 saturated carbocycles. The van der Waals surface area contributed by atoms with Gasteiger partial charge in [0.1, 0.15) is 11.6 Å². The molecule has 2 atom stereocenters. The summed E-state index contributed by atoms with van der Waals surface area (Å²) in [6.45, 7) is 0. The molecule has 1 aliphatic carbocycles. The van der Waals surface area contributed by atoms with E-state index in [0.29, 0.717) is 36.5 Å². The van der Waals surface area contributed by atoms with Gasteiger partial charge in [0.05, 0.1) is 29.9 Å². The molecular weight excluding hydrogens is 596 g/mol. The minimum absolute atomic E-state index is 0.0235. The number of carboxylic acid groups (broad SMARTS) is 1. The van der Waals surface area contributed by atoms with Gasteiger partial charge in [-0.2, -0.15) is 13.2 Å². The molecule has 0 bridgehead atoms. The van der Waals surface area contributed by atoms with E-state index in [1.807, 2.05) is 0 Å². The fourth-order valence-corrected chi connectivity index (χ4v) is 5.71. The van der Waals surface area contributed by atoms with Crippen molar-refractivity contribution in [1.29, 1.82) is 0 Å². The number of sulfone groups is 1. The molecule has 0 radical (unpaired) electrons. The molecule has 9 nitrogen and oxygen atoms in total. The first-order valence-electron chi connectivity index (χ1n) is 12.9. The van der Waals surface area contributed by atoms with Crippen LogP contribution in [0, 0.1) is 11.7 Å². The van der Waals surface area contributed by atoms with Gasteiger partial charge in [0.2, 0.25) is 5.91 Å². The molecule has 14 heteroatoms. The second-order valence-electron chi connectivity index (χ2n) is 9.88. The number of ether oxygens (including phenoxy) is 1. The quantitative estimate of drug-likeness (QED) is 0.287. The monoisotopic (exact) mass is 622 g/mol. The second-order valence-corrected chi connectivity index (χ2v) is 11.8. The van der Waals surface area contributed by atoms with Crippen molar-refractivity contribution in [1.82, 2.24) is 5.32 Å². The van der Waals surface area contributed by atoms with Gasteiger partial charge in [-0.05, 0) is 48.2 Å². The van der Waals surface area contributed by atoms with Gasteiger partial charge in [-0.1, -0.05) is 36.8 Å². The first-order valence-corrected chi connectivity index (χ1v) is 14.4. The summed E-state index contributed by atoms with van der Waals surface area (Å²) in [6, 6.07) is 11.5. The highest BCUT2D eigenvalue weighted by Crippen LogP contribution is 2.34. The molecule has 0 saturated heterocycles. The maximum absolute atomic E-state index is 15.0. The van der Waals surface area contributed by atoms with Crippen LogP contribution in [0.3, 0.4) is 0 Å². The number of hydrogen-bond acceptors (Lipinski definition) is 6. The van der Waals surface area contributed by atoms with Gasteiger partial charge in [-0.3, -0.25) is 14.4 Å². The Morgan fingerprint density at radius 2 is 1.72 bits per heavy atom. The number of carboxylic acids is 1. The molecule has 228 valence electrons.